The molecule has 76 heavy (non-hydrogen) atoms. The topological polar surface area (TPSA) is 13.0 Å². The van der Waals surface area contributed by atoms with Crippen molar-refractivity contribution in [1.82, 2.24) is 0 Å². The summed E-state index contributed by atoms with van der Waals surface area (Å²) in [4.78, 5) is 9.98. The van der Waals surface area contributed by atoms with E-state index in [1.807, 2.05) is 22.7 Å². The Labute approximate surface area is 452 Å². The van der Waals surface area contributed by atoms with Crippen LogP contribution in [0.3, 0.4) is 0 Å². The number of benzene rings is 11. The number of fused-ring (bicyclic) bond motifs is 2. The Kier molecular flexibility index (Phi) is 12.7. The fourth-order valence-electron chi connectivity index (χ4n) is 10.5. The van der Waals surface area contributed by atoms with Crippen LogP contribution in [0.15, 0.2) is 303 Å². The summed E-state index contributed by atoms with van der Waals surface area (Å²) in [6.07, 6.45) is 0. The summed E-state index contributed by atoms with van der Waals surface area (Å²) in [5.74, 6) is 0. The molecule has 4 nitrogen and oxygen atoms in total. The van der Waals surface area contributed by atoms with E-state index in [2.05, 4.69) is 323 Å². The third-order valence-electron chi connectivity index (χ3n) is 13.8. The molecule has 11 aromatic carbocycles. The molecule has 2 aromatic heterocycles. The highest BCUT2D eigenvalue weighted by atomic mass is 32.1. The first kappa shape index (κ1) is 46.3. The summed E-state index contributed by atoms with van der Waals surface area (Å²) < 4.78 is 2.29. The lowest BCUT2D eigenvalue weighted by Gasteiger charge is -2.31. The lowest BCUT2D eigenvalue weighted by molar-refractivity contribution is 1.30. The first-order valence-corrected chi connectivity index (χ1v) is 27.2. The maximum atomic E-state index is 2.52. The largest absolute Gasteiger partial charge is 0.308 e. The van der Waals surface area contributed by atoms with Crippen molar-refractivity contribution >= 4 is 110 Å². The number of hydrogen-bond donors (Lipinski definition) is 0. The molecule has 0 atom stereocenters. The molecule has 0 aliphatic carbocycles. The van der Waals surface area contributed by atoms with Crippen LogP contribution in [-0.2, 0) is 0 Å². The molecule has 0 saturated carbocycles. The molecule has 13 aromatic rings. The van der Waals surface area contributed by atoms with Crippen molar-refractivity contribution < 1.29 is 0 Å². The van der Waals surface area contributed by atoms with Gasteiger partial charge in [-0.1, -0.05) is 206 Å². The third kappa shape index (κ3) is 8.55. The molecule has 13 rings (SSSR count). The SMILES string of the molecule is c1ccc(-c2c(N(c3ccccc3)c3ccccc3)sc3c(N(c4ccccc4)c4ccccc4)c4c(-c5ccccc5)c(N(c5ccccc5)c5ccccc5)sc4c(N(c4ccccc4)c4ccccc4)c23)cc1. The Morgan fingerprint density at radius 1 is 0.197 bits per heavy atom. The van der Waals surface area contributed by atoms with Crippen LogP contribution < -0.4 is 19.6 Å². The molecule has 6 heteroatoms. The number of para-hydroxylation sites is 8. The minimum Gasteiger partial charge on any atom is -0.308 e. The highest BCUT2D eigenvalue weighted by Crippen LogP contribution is 2.65. The fourth-order valence-corrected chi connectivity index (χ4v) is 13.4. The van der Waals surface area contributed by atoms with Crippen LogP contribution in [0, 0.1) is 0 Å². The fraction of sp³-hybridized carbons (Fsp3) is 0. The predicted octanol–water partition coefficient (Wildman–Crippen LogP) is 21.3. The van der Waals surface area contributed by atoms with Crippen LogP contribution in [0.5, 0.6) is 0 Å². The van der Waals surface area contributed by atoms with Gasteiger partial charge in [-0.2, -0.15) is 0 Å². The maximum Gasteiger partial charge on any atom is 0.109 e. The van der Waals surface area contributed by atoms with Crippen molar-refractivity contribution in [3.63, 3.8) is 0 Å². The van der Waals surface area contributed by atoms with E-state index < -0.39 is 0 Å². The van der Waals surface area contributed by atoms with E-state index in [1.54, 1.807) is 0 Å². The Balaban J connectivity index is 1.33. The van der Waals surface area contributed by atoms with Gasteiger partial charge in [-0.15, -0.1) is 22.7 Å². The predicted molar refractivity (Wildman–Crippen MR) is 327 cm³/mol. The van der Waals surface area contributed by atoms with Gasteiger partial charge in [-0.25, -0.2) is 0 Å². The highest BCUT2D eigenvalue weighted by Gasteiger charge is 2.36. The van der Waals surface area contributed by atoms with Crippen LogP contribution in [0.25, 0.3) is 42.4 Å². The van der Waals surface area contributed by atoms with E-state index in [-0.39, 0.29) is 0 Å². The zero-order chi connectivity index (χ0) is 50.6. The molecular formula is C70H50N4S2. The number of thiophene rings is 2. The van der Waals surface area contributed by atoms with Gasteiger partial charge in [0.05, 0.1) is 20.8 Å². The van der Waals surface area contributed by atoms with Gasteiger partial charge in [0.1, 0.15) is 10.0 Å². The van der Waals surface area contributed by atoms with Crippen molar-refractivity contribution in [2.45, 2.75) is 0 Å². The average molecular weight is 1010 g/mol. The van der Waals surface area contributed by atoms with E-state index in [0.29, 0.717) is 0 Å². The highest BCUT2D eigenvalue weighted by molar-refractivity contribution is 7.27. The third-order valence-corrected chi connectivity index (χ3v) is 16.1. The molecule has 0 aliphatic rings. The van der Waals surface area contributed by atoms with Gasteiger partial charge in [0, 0.05) is 67.4 Å². The second-order valence-corrected chi connectivity index (χ2v) is 20.4. The smallest absolute Gasteiger partial charge is 0.109 e. The Morgan fingerprint density at radius 3 is 0.592 bits per heavy atom. The number of rotatable bonds is 14. The van der Waals surface area contributed by atoms with Gasteiger partial charge in [-0.05, 0) is 108 Å². The van der Waals surface area contributed by atoms with Gasteiger partial charge < -0.3 is 19.6 Å². The van der Waals surface area contributed by atoms with E-state index >= 15 is 0 Å². The molecule has 0 fully saturated rings. The van der Waals surface area contributed by atoms with Crippen molar-refractivity contribution in [2.75, 3.05) is 19.6 Å². The van der Waals surface area contributed by atoms with Gasteiger partial charge >= 0.3 is 0 Å². The van der Waals surface area contributed by atoms with Crippen LogP contribution >= 0.6 is 22.7 Å². The molecular weight excluding hydrogens is 961 g/mol. The lowest BCUT2D eigenvalue weighted by atomic mass is 9.94. The Bertz CT molecular complexity index is 3590. The summed E-state index contributed by atoms with van der Waals surface area (Å²) in [6, 6.07) is 109. The van der Waals surface area contributed by atoms with Crippen LogP contribution in [-0.4, -0.2) is 0 Å². The first-order valence-electron chi connectivity index (χ1n) is 25.6. The van der Waals surface area contributed by atoms with Crippen molar-refractivity contribution in [1.29, 1.82) is 0 Å². The molecule has 0 amide bonds. The summed E-state index contributed by atoms with van der Waals surface area (Å²) in [5, 5.41) is 4.51. The average Bonchev–Trinajstić information content (AvgIpc) is 4.09. The monoisotopic (exact) mass is 1010 g/mol. The molecule has 0 bridgehead atoms. The van der Waals surface area contributed by atoms with Gasteiger partial charge in [0.2, 0.25) is 0 Å². The van der Waals surface area contributed by atoms with Crippen molar-refractivity contribution in [3.05, 3.63) is 303 Å². The zero-order valence-electron chi connectivity index (χ0n) is 41.5. The summed E-state index contributed by atoms with van der Waals surface area (Å²) in [6.45, 7) is 0. The normalized spacial score (nSPS) is 11.2. The Hall–Kier alpha value is -9.46. The van der Waals surface area contributed by atoms with Crippen molar-refractivity contribution in [2.24, 2.45) is 0 Å². The van der Waals surface area contributed by atoms with Gasteiger partial charge in [-0.3, -0.25) is 0 Å². The summed E-state index contributed by atoms with van der Waals surface area (Å²) in [7, 11) is 0. The molecule has 0 unspecified atom stereocenters. The van der Waals surface area contributed by atoms with E-state index in [1.165, 1.54) is 0 Å². The molecule has 362 valence electrons. The molecule has 0 spiro atoms. The van der Waals surface area contributed by atoms with E-state index in [9.17, 15) is 0 Å². The quantitative estimate of drug-likeness (QED) is 0.101. The molecule has 0 saturated heterocycles. The summed E-state index contributed by atoms with van der Waals surface area (Å²) in [5.41, 5.74) is 15.2. The molecule has 0 radical (unpaired) electrons. The Morgan fingerprint density at radius 2 is 0.382 bits per heavy atom. The van der Waals surface area contributed by atoms with E-state index in [4.69, 9.17) is 0 Å². The minimum absolute atomic E-state index is 1.06. The van der Waals surface area contributed by atoms with Gasteiger partial charge in [0.15, 0.2) is 0 Å². The zero-order valence-corrected chi connectivity index (χ0v) is 43.1. The van der Waals surface area contributed by atoms with Crippen molar-refractivity contribution in [3.8, 4) is 22.3 Å². The molecule has 0 aliphatic heterocycles. The van der Waals surface area contributed by atoms with Crippen LogP contribution in [0.4, 0.5) is 66.9 Å². The maximum absolute atomic E-state index is 2.52. The number of nitrogens with zero attached hydrogens (tertiary/aromatic N) is 4. The minimum atomic E-state index is 1.06. The molecule has 2 heterocycles. The second kappa shape index (κ2) is 20.8. The number of anilines is 12. The van der Waals surface area contributed by atoms with Crippen LogP contribution in [0.1, 0.15) is 0 Å². The van der Waals surface area contributed by atoms with E-state index in [0.717, 1.165) is 109 Å². The number of hydrogen-bond acceptors (Lipinski definition) is 6. The summed E-state index contributed by atoms with van der Waals surface area (Å²) >= 11 is 3.72. The standard InChI is InChI=1S/C70H50N4S2/c1-11-31-51(32-12-1)61-63-65(71(53-35-15-3-16-36-53)54-37-17-4-18-38-54)68-64(62(52-33-13-2-14-34-52)70(76-68)74(59-47-27-9-28-48-59)60-49-29-10-30-50-60)66(72(55-39-19-5-20-40-55)56-41-21-6-22-42-56)67(63)75-69(61)73(57-43-23-7-24-44-57)58-45-25-8-26-46-58/h1-50H. The van der Waals surface area contributed by atoms with Crippen LogP contribution in [0.2, 0.25) is 0 Å². The van der Waals surface area contributed by atoms with Gasteiger partial charge in [0.25, 0.3) is 0 Å². The lowest BCUT2D eigenvalue weighted by Crippen LogP contribution is -2.14. The molecule has 0 N–H and O–H groups in total. The first-order chi connectivity index (χ1) is 37.8. The second-order valence-electron chi connectivity index (χ2n) is 18.4.